The number of carbonyl (C=O) groups is 2. The summed E-state index contributed by atoms with van der Waals surface area (Å²) in [6.45, 7) is 0.589. The van der Waals surface area contributed by atoms with Crippen molar-refractivity contribution in [3.8, 4) is 6.07 Å². The maximum absolute atomic E-state index is 12.9. The molecular weight excluding hydrogens is 334 g/mol. The minimum Gasteiger partial charge on any atom is -0.469 e. The fraction of sp³-hybridized carbons (Fsp3) is 0.278. The van der Waals surface area contributed by atoms with E-state index in [2.05, 4.69) is 14.7 Å². The quantitative estimate of drug-likeness (QED) is 0.763. The van der Waals surface area contributed by atoms with Gasteiger partial charge in [0.05, 0.1) is 44.2 Å². The highest BCUT2D eigenvalue weighted by Crippen LogP contribution is 2.32. The summed E-state index contributed by atoms with van der Waals surface area (Å²) in [6, 6.07) is 10.6. The molecule has 0 aliphatic carbocycles. The number of para-hydroxylation sites is 1. The predicted octanol–water partition coefficient (Wildman–Crippen LogP) is 1.89. The van der Waals surface area contributed by atoms with E-state index in [9.17, 15) is 9.59 Å². The van der Waals surface area contributed by atoms with Gasteiger partial charge in [0.25, 0.3) is 0 Å². The lowest BCUT2D eigenvalue weighted by molar-refractivity contribution is -0.140. The van der Waals surface area contributed by atoms with E-state index in [0.29, 0.717) is 12.2 Å². The molecule has 0 N–H and O–H groups in total. The highest BCUT2D eigenvalue weighted by atomic mass is 16.5. The molecule has 1 saturated heterocycles. The first-order valence-electron chi connectivity index (χ1n) is 8.06. The first kappa shape index (κ1) is 17.4. The van der Waals surface area contributed by atoms with Gasteiger partial charge < -0.3 is 9.64 Å². The van der Waals surface area contributed by atoms with Gasteiger partial charge in [-0.1, -0.05) is 18.2 Å². The average Bonchev–Trinajstić information content (AvgIpc) is 3.03. The summed E-state index contributed by atoms with van der Waals surface area (Å²) >= 11 is 0. The monoisotopic (exact) mass is 351 g/mol. The van der Waals surface area contributed by atoms with Gasteiger partial charge in [-0.05, 0) is 12.1 Å². The SMILES string of the molecule is COC(=O)CCN1C(=O)N(c2ccccc2)CC1c1cnc(C#N)cn1. The van der Waals surface area contributed by atoms with E-state index in [-0.39, 0.29) is 36.7 Å². The van der Waals surface area contributed by atoms with Crippen LogP contribution >= 0.6 is 0 Å². The summed E-state index contributed by atoms with van der Waals surface area (Å²) in [5, 5.41) is 8.87. The van der Waals surface area contributed by atoms with E-state index >= 15 is 0 Å². The van der Waals surface area contributed by atoms with Crippen molar-refractivity contribution in [1.82, 2.24) is 14.9 Å². The van der Waals surface area contributed by atoms with E-state index in [1.165, 1.54) is 19.5 Å². The molecule has 2 heterocycles. The molecule has 2 aromatic rings. The molecule has 1 fully saturated rings. The molecule has 132 valence electrons. The number of carbonyl (C=O) groups excluding carboxylic acids is 2. The number of methoxy groups -OCH3 is 1. The second kappa shape index (κ2) is 7.61. The molecule has 1 atom stereocenters. The Kier molecular flexibility index (Phi) is 5.08. The number of aromatic nitrogens is 2. The summed E-state index contributed by atoms with van der Waals surface area (Å²) in [7, 11) is 1.31. The van der Waals surface area contributed by atoms with Crippen LogP contribution in [0.15, 0.2) is 42.7 Å². The lowest BCUT2D eigenvalue weighted by Gasteiger charge is -2.22. The van der Waals surface area contributed by atoms with Crippen LogP contribution in [0.3, 0.4) is 0 Å². The third-order valence-corrected chi connectivity index (χ3v) is 4.19. The molecule has 0 bridgehead atoms. The Labute approximate surface area is 150 Å². The maximum Gasteiger partial charge on any atom is 0.325 e. The number of hydrogen-bond acceptors (Lipinski definition) is 6. The number of rotatable bonds is 5. The molecule has 1 aliphatic rings. The number of nitriles is 1. The van der Waals surface area contributed by atoms with Crippen molar-refractivity contribution in [3.63, 3.8) is 0 Å². The lowest BCUT2D eigenvalue weighted by atomic mass is 10.2. The number of nitrogens with zero attached hydrogens (tertiary/aromatic N) is 5. The Morgan fingerprint density at radius 3 is 2.69 bits per heavy atom. The van der Waals surface area contributed by atoms with E-state index < -0.39 is 0 Å². The van der Waals surface area contributed by atoms with E-state index in [1.807, 2.05) is 36.4 Å². The van der Waals surface area contributed by atoms with Gasteiger partial charge in [0.1, 0.15) is 6.07 Å². The van der Waals surface area contributed by atoms with Crippen LogP contribution in [0.4, 0.5) is 10.5 Å². The van der Waals surface area contributed by atoms with Crippen LogP contribution in [-0.2, 0) is 9.53 Å². The molecule has 2 amide bonds. The summed E-state index contributed by atoms with van der Waals surface area (Å²) in [5.74, 6) is -0.388. The summed E-state index contributed by atoms with van der Waals surface area (Å²) in [6.07, 6.45) is 2.96. The van der Waals surface area contributed by atoms with Gasteiger partial charge in [0, 0.05) is 12.2 Å². The van der Waals surface area contributed by atoms with E-state index in [1.54, 1.807) is 9.80 Å². The zero-order valence-corrected chi connectivity index (χ0v) is 14.2. The second-order valence-electron chi connectivity index (χ2n) is 5.70. The van der Waals surface area contributed by atoms with Gasteiger partial charge in [-0.25, -0.2) is 9.78 Å². The molecule has 3 rings (SSSR count). The number of hydrogen-bond donors (Lipinski definition) is 0. The topological polar surface area (TPSA) is 99.4 Å². The standard InChI is InChI=1S/C18H17N5O3/c1-26-17(24)7-8-22-16(15-11-20-13(9-19)10-21-15)12-23(18(22)25)14-5-3-2-4-6-14/h2-6,10-11,16H,7-8,12H2,1H3. The smallest absolute Gasteiger partial charge is 0.325 e. The Morgan fingerprint density at radius 2 is 2.08 bits per heavy atom. The normalized spacial score (nSPS) is 16.5. The van der Waals surface area contributed by atoms with Gasteiger partial charge in [-0.2, -0.15) is 5.26 Å². The van der Waals surface area contributed by atoms with E-state index in [0.717, 1.165) is 5.69 Å². The summed E-state index contributed by atoms with van der Waals surface area (Å²) in [4.78, 5) is 36.0. The van der Waals surface area contributed by atoms with Crippen LogP contribution in [0, 0.1) is 11.3 Å². The molecule has 1 unspecified atom stereocenters. The number of urea groups is 1. The van der Waals surface area contributed by atoms with Crippen LogP contribution < -0.4 is 4.90 Å². The Hall–Kier alpha value is -3.47. The van der Waals surface area contributed by atoms with Crippen molar-refractivity contribution in [2.75, 3.05) is 25.1 Å². The van der Waals surface area contributed by atoms with Crippen LogP contribution in [-0.4, -0.2) is 47.1 Å². The zero-order valence-electron chi connectivity index (χ0n) is 14.2. The van der Waals surface area contributed by atoms with Crippen molar-refractivity contribution in [2.24, 2.45) is 0 Å². The molecule has 8 heteroatoms. The molecular formula is C18H17N5O3. The van der Waals surface area contributed by atoms with Crippen LogP contribution in [0.5, 0.6) is 0 Å². The van der Waals surface area contributed by atoms with Gasteiger partial charge in [-0.15, -0.1) is 0 Å². The van der Waals surface area contributed by atoms with Gasteiger partial charge >= 0.3 is 12.0 Å². The third kappa shape index (κ3) is 3.47. The number of amides is 2. The minimum atomic E-state index is -0.388. The second-order valence-corrected chi connectivity index (χ2v) is 5.70. The Balaban J connectivity index is 1.89. The fourth-order valence-corrected chi connectivity index (χ4v) is 2.85. The van der Waals surface area contributed by atoms with Crippen LogP contribution in [0.2, 0.25) is 0 Å². The molecule has 8 nitrogen and oxygen atoms in total. The van der Waals surface area contributed by atoms with Gasteiger partial charge in [-0.3, -0.25) is 14.7 Å². The zero-order chi connectivity index (χ0) is 18.5. The van der Waals surface area contributed by atoms with Crippen LogP contribution in [0.25, 0.3) is 0 Å². The molecule has 26 heavy (non-hydrogen) atoms. The van der Waals surface area contributed by atoms with Crippen molar-refractivity contribution in [3.05, 3.63) is 54.1 Å². The highest BCUT2D eigenvalue weighted by molar-refractivity contribution is 5.95. The van der Waals surface area contributed by atoms with Crippen molar-refractivity contribution in [1.29, 1.82) is 5.26 Å². The highest BCUT2D eigenvalue weighted by Gasteiger charge is 2.39. The van der Waals surface area contributed by atoms with Gasteiger partial charge in [0.2, 0.25) is 0 Å². The molecule has 1 aliphatic heterocycles. The fourth-order valence-electron chi connectivity index (χ4n) is 2.85. The molecule has 1 aromatic heterocycles. The van der Waals surface area contributed by atoms with Crippen molar-refractivity contribution in [2.45, 2.75) is 12.5 Å². The number of anilines is 1. The number of benzene rings is 1. The summed E-state index contributed by atoms with van der Waals surface area (Å²) in [5.41, 5.74) is 1.55. The number of ether oxygens (including phenoxy) is 1. The van der Waals surface area contributed by atoms with Crippen molar-refractivity contribution < 1.29 is 14.3 Å². The third-order valence-electron chi connectivity index (χ3n) is 4.19. The Bertz CT molecular complexity index is 832. The maximum atomic E-state index is 12.9. The van der Waals surface area contributed by atoms with E-state index in [4.69, 9.17) is 5.26 Å². The molecule has 0 saturated carbocycles. The molecule has 0 radical (unpaired) electrons. The minimum absolute atomic E-state index is 0.0884. The Morgan fingerprint density at radius 1 is 1.31 bits per heavy atom. The number of esters is 1. The predicted molar refractivity (Wildman–Crippen MR) is 92.0 cm³/mol. The average molecular weight is 351 g/mol. The van der Waals surface area contributed by atoms with Crippen LogP contribution in [0.1, 0.15) is 23.9 Å². The van der Waals surface area contributed by atoms with Crippen molar-refractivity contribution >= 4 is 17.7 Å². The molecule has 0 spiro atoms. The van der Waals surface area contributed by atoms with Gasteiger partial charge in [0.15, 0.2) is 5.69 Å². The first-order valence-corrected chi connectivity index (χ1v) is 8.06. The summed E-state index contributed by atoms with van der Waals surface area (Å²) < 4.78 is 4.67. The first-order chi connectivity index (χ1) is 12.6. The molecule has 1 aromatic carbocycles. The lowest BCUT2D eigenvalue weighted by Crippen LogP contribution is -2.34. The largest absolute Gasteiger partial charge is 0.469 e.